The maximum Gasteiger partial charge on any atom is 0.237 e. The Labute approximate surface area is 189 Å². The molecule has 0 radical (unpaired) electrons. The van der Waals surface area contributed by atoms with Crippen LogP contribution >= 0.6 is 37.2 Å². The van der Waals surface area contributed by atoms with Crippen LogP contribution in [0, 0.1) is 12.3 Å². The van der Waals surface area contributed by atoms with Gasteiger partial charge in [-0.1, -0.05) is 32.9 Å². The summed E-state index contributed by atoms with van der Waals surface area (Å²) < 4.78 is 0. The Morgan fingerprint density at radius 2 is 1.75 bits per heavy atom. The number of anilines is 1. The molecule has 28 heavy (non-hydrogen) atoms. The van der Waals surface area contributed by atoms with Crippen LogP contribution in [0.2, 0.25) is 0 Å². The molecule has 1 aliphatic heterocycles. The minimum atomic E-state index is -0.453. The van der Waals surface area contributed by atoms with Crippen molar-refractivity contribution < 1.29 is 4.79 Å². The molecule has 0 unspecified atom stereocenters. The molecule has 2 rings (SSSR count). The molecule has 1 atom stereocenters. The van der Waals surface area contributed by atoms with Crippen LogP contribution in [0.1, 0.15) is 32.8 Å². The molecule has 3 N–H and O–H groups in total. The third-order valence-corrected chi connectivity index (χ3v) is 4.90. The summed E-state index contributed by atoms with van der Waals surface area (Å²) in [5.41, 5.74) is 8.41. The fraction of sp³-hybridized carbons (Fsp3) is 0.650. The summed E-state index contributed by atoms with van der Waals surface area (Å²) in [6.45, 7) is 14.1. The standard InChI is InChI=1S/C20H34N4O.3ClH/c1-16-7-5-8-17(15-16)24-13-11-23(12-14-24)10-6-9-22-19(25)18(21)20(2,3)4;;;/h5,7-8,15,18H,6,9-14,21H2,1-4H3,(H,22,25);3*1H/t18-;;;/m1.../s1. The van der Waals surface area contributed by atoms with Crippen molar-refractivity contribution >= 4 is 48.8 Å². The molecule has 0 saturated carbocycles. The predicted molar refractivity (Wildman–Crippen MR) is 127 cm³/mol. The third-order valence-electron chi connectivity index (χ3n) is 4.90. The molecule has 0 aromatic heterocycles. The first-order valence-electron chi connectivity index (χ1n) is 9.34. The zero-order chi connectivity index (χ0) is 18.4. The van der Waals surface area contributed by atoms with Crippen molar-refractivity contribution in [1.82, 2.24) is 10.2 Å². The van der Waals surface area contributed by atoms with Gasteiger partial charge in [-0.15, -0.1) is 37.2 Å². The molecule has 1 fully saturated rings. The molecule has 5 nitrogen and oxygen atoms in total. The Kier molecular flexibility index (Phi) is 14.2. The van der Waals surface area contributed by atoms with Crippen LogP contribution in [0.5, 0.6) is 0 Å². The minimum absolute atomic E-state index is 0. The van der Waals surface area contributed by atoms with Gasteiger partial charge in [-0.25, -0.2) is 0 Å². The van der Waals surface area contributed by atoms with Crippen LogP contribution in [0.3, 0.4) is 0 Å². The maximum absolute atomic E-state index is 12.0. The highest BCUT2D eigenvalue weighted by atomic mass is 35.5. The van der Waals surface area contributed by atoms with Gasteiger partial charge in [-0.2, -0.15) is 0 Å². The Bertz CT molecular complexity index is 573. The number of hydrogen-bond acceptors (Lipinski definition) is 4. The zero-order valence-electron chi connectivity index (χ0n) is 17.4. The van der Waals surface area contributed by atoms with Gasteiger partial charge in [-0.3, -0.25) is 9.69 Å². The van der Waals surface area contributed by atoms with Gasteiger partial charge < -0.3 is 16.0 Å². The summed E-state index contributed by atoms with van der Waals surface area (Å²) in [5, 5.41) is 2.97. The van der Waals surface area contributed by atoms with Crippen molar-refractivity contribution in [2.24, 2.45) is 11.1 Å². The summed E-state index contributed by atoms with van der Waals surface area (Å²) >= 11 is 0. The first-order valence-corrected chi connectivity index (χ1v) is 9.34. The molecule has 8 heteroatoms. The van der Waals surface area contributed by atoms with E-state index in [1.54, 1.807) is 0 Å². The fourth-order valence-electron chi connectivity index (χ4n) is 3.07. The first-order chi connectivity index (χ1) is 11.8. The van der Waals surface area contributed by atoms with Crippen LogP contribution in [0.25, 0.3) is 0 Å². The highest BCUT2D eigenvalue weighted by Crippen LogP contribution is 2.18. The van der Waals surface area contributed by atoms with Gasteiger partial charge in [-0.05, 0) is 43.0 Å². The van der Waals surface area contributed by atoms with Crippen LogP contribution in [-0.4, -0.2) is 56.1 Å². The molecule has 164 valence electrons. The van der Waals surface area contributed by atoms with Gasteiger partial charge >= 0.3 is 0 Å². The van der Waals surface area contributed by atoms with Gasteiger partial charge in [0, 0.05) is 38.4 Å². The second-order valence-electron chi connectivity index (χ2n) is 8.16. The van der Waals surface area contributed by atoms with Crippen molar-refractivity contribution in [3.63, 3.8) is 0 Å². The monoisotopic (exact) mass is 454 g/mol. The lowest BCUT2D eigenvalue weighted by Crippen LogP contribution is -2.49. The molecule has 0 spiro atoms. The molecule has 0 aliphatic carbocycles. The fourth-order valence-corrected chi connectivity index (χ4v) is 3.07. The number of aryl methyl sites for hydroxylation is 1. The average molecular weight is 456 g/mol. The van der Waals surface area contributed by atoms with E-state index in [1.165, 1.54) is 11.3 Å². The Balaban J connectivity index is 0. The smallest absolute Gasteiger partial charge is 0.237 e. The third kappa shape index (κ3) is 9.19. The molecular formula is C20H37Cl3N4O. The van der Waals surface area contributed by atoms with Gasteiger partial charge in [0.05, 0.1) is 6.04 Å². The van der Waals surface area contributed by atoms with Crippen LogP contribution < -0.4 is 16.0 Å². The quantitative estimate of drug-likeness (QED) is 0.646. The molecule has 1 aliphatic rings. The molecule has 1 aromatic carbocycles. The number of nitrogens with two attached hydrogens (primary N) is 1. The topological polar surface area (TPSA) is 61.6 Å². The number of piperazine rings is 1. The van der Waals surface area contributed by atoms with E-state index < -0.39 is 6.04 Å². The second-order valence-corrected chi connectivity index (χ2v) is 8.16. The summed E-state index contributed by atoms with van der Waals surface area (Å²) in [4.78, 5) is 16.9. The zero-order valence-corrected chi connectivity index (χ0v) is 19.9. The Morgan fingerprint density at radius 3 is 2.29 bits per heavy atom. The largest absolute Gasteiger partial charge is 0.369 e. The lowest BCUT2D eigenvalue weighted by molar-refractivity contribution is -0.124. The van der Waals surface area contributed by atoms with E-state index in [0.717, 1.165) is 39.1 Å². The van der Waals surface area contributed by atoms with Crippen LogP contribution in [0.15, 0.2) is 24.3 Å². The van der Waals surface area contributed by atoms with E-state index in [1.807, 2.05) is 20.8 Å². The number of hydrogen-bond donors (Lipinski definition) is 2. The number of carbonyl (C=O) groups is 1. The van der Waals surface area contributed by atoms with E-state index >= 15 is 0 Å². The summed E-state index contributed by atoms with van der Waals surface area (Å²) in [6, 6.07) is 8.26. The van der Waals surface area contributed by atoms with Gasteiger partial charge in [0.1, 0.15) is 0 Å². The van der Waals surface area contributed by atoms with Crippen LogP contribution in [-0.2, 0) is 4.79 Å². The van der Waals surface area contributed by atoms with Gasteiger partial charge in [0.2, 0.25) is 5.91 Å². The molecular weight excluding hydrogens is 419 g/mol. The highest BCUT2D eigenvalue weighted by molar-refractivity contribution is 5.86. The predicted octanol–water partition coefficient (Wildman–Crippen LogP) is 3.26. The van der Waals surface area contributed by atoms with Gasteiger partial charge in [0.25, 0.3) is 0 Å². The number of nitrogens with zero attached hydrogens (tertiary/aromatic N) is 2. The first kappa shape index (κ1) is 29.5. The molecule has 1 heterocycles. The number of nitrogens with one attached hydrogen (secondary N) is 1. The second kappa shape index (κ2) is 13.5. The maximum atomic E-state index is 12.0. The highest BCUT2D eigenvalue weighted by Gasteiger charge is 2.27. The summed E-state index contributed by atoms with van der Waals surface area (Å²) in [6.07, 6.45) is 0.965. The van der Waals surface area contributed by atoms with E-state index in [2.05, 4.69) is 46.3 Å². The lowest BCUT2D eigenvalue weighted by Gasteiger charge is -2.36. The van der Waals surface area contributed by atoms with Crippen LogP contribution in [0.4, 0.5) is 5.69 Å². The van der Waals surface area contributed by atoms with Crippen molar-refractivity contribution in [2.45, 2.75) is 40.2 Å². The van der Waals surface area contributed by atoms with Crippen molar-refractivity contribution in [3.8, 4) is 0 Å². The normalized spacial score (nSPS) is 15.5. The SMILES string of the molecule is Cc1cccc(N2CCN(CCCNC(=O)[C@@H](N)C(C)(C)C)CC2)c1.Cl.Cl.Cl. The number of rotatable bonds is 6. The number of amides is 1. The Hall–Kier alpha value is -0.720. The molecule has 1 aromatic rings. The average Bonchev–Trinajstić information content (AvgIpc) is 2.57. The molecule has 1 amide bonds. The van der Waals surface area contributed by atoms with E-state index in [4.69, 9.17) is 5.73 Å². The van der Waals surface area contributed by atoms with Crippen molar-refractivity contribution in [1.29, 1.82) is 0 Å². The van der Waals surface area contributed by atoms with Crippen molar-refractivity contribution in [3.05, 3.63) is 29.8 Å². The van der Waals surface area contributed by atoms with Crippen molar-refractivity contribution in [2.75, 3.05) is 44.2 Å². The number of carbonyl (C=O) groups excluding carboxylic acids is 1. The Morgan fingerprint density at radius 1 is 1.14 bits per heavy atom. The minimum Gasteiger partial charge on any atom is -0.369 e. The lowest BCUT2D eigenvalue weighted by atomic mass is 9.87. The number of benzene rings is 1. The molecule has 0 bridgehead atoms. The molecule has 1 saturated heterocycles. The summed E-state index contributed by atoms with van der Waals surface area (Å²) in [7, 11) is 0. The van der Waals surface area contributed by atoms with E-state index in [9.17, 15) is 4.79 Å². The van der Waals surface area contributed by atoms with E-state index in [-0.39, 0.29) is 48.5 Å². The number of halogens is 3. The van der Waals surface area contributed by atoms with E-state index in [0.29, 0.717) is 6.54 Å². The van der Waals surface area contributed by atoms with Gasteiger partial charge in [0.15, 0.2) is 0 Å². The summed E-state index contributed by atoms with van der Waals surface area (Å²) in [5.74, 6) is -0.0447.